The van der Waals surface area contributed by atoms with Crippen LogP contribution in [-0.4, -0.2) is 140 Å². The first-order chi connectivity index (χ1) is 28.2. The van der Waals surface area contributed by atoms with Crippen molar-refractivity contribution in [2.24, 2.45) is 0 Å². The van der Waals surface area contributed by atoms with E-state index in [1.807, 2.05) is 54.6 Å². The van der Waals surface area contributed by atoms with Gasteiger partial charge in [0.05, 0.1) is 99.1 Å². The lowest BCUT2D eigenvalue weighted by Crippen LogP contribution is -2.12. The molecular formula is C45H54O12. The van der Waals surface area contributed by atoms with Gasteiger partial charge in [-0.15, -0.1) is 0 Å². The zero-order valence-corrected chi connectivity index (χ0v) is 33.3. The van der Waals surface area contributed by atoms with Crippen LogP contribution in [0.4, 0.5) is 0 Å². The highest BCUT2D eigenvalue weighted by atomic mass is 16.6. The summed E-state index contributed by atoms with van der Waals surface area (Å²) in [5, 5.41) is 0. The summed E-state index contributed by atoms with van der Waals surface area (Å²) in [6.45, 7) is 8.51. The van der Waals surface area contributed by atoms with E-state index in [4.69, 9.17) is 56.8 Å². The Morgan fingerprint density at radius 1 is 0.281 bits per heavy atom. The minimum atomic E-state index is 0.369. The van der Waals surface area contributed by atoms with Crippen LogP contribution in [0.3, 0.4) is 0 Å². The normalized spacial score (nSPS) is 11.2. The molecule has 4 rings (SSSR count). The van der Waals surface area contributed by atoms with E-state index >= 15 is 0 Å². The summed E-state index contributed by atoms with van der Waals surface area (Å²) < 4.78 is 66.2. The second-order valence-electron chi connectivity index (χ2n) is 12.1. The molecule has 1 aliphatic rings. The van der Waals surface area contributed by atoms with Crippen molar-refractivity contribution in [2.75, 3.05) is 140 Å². The molecular weight excluding hydrogens is 732 g/mol. The molecule has 0 atom stereocenters. The summed E-state index contributed by atoms with van der Waals surface area (Å²) in [4.78, 5) is 0. The van der Waals surface area contributed by atoms with E-state index in [1.54, 1.807) is 21.3 Å². The molecule has 0 N–H and O–H groups in total. The topological polar surface area (TPSA) is 111 Å². The van der Waals surface area contributed by atoms with Gasteiger partial charge in [0.1, 0.15) is 37.1 Å². The van der Waals surface area contributed by atoms with Gasteiger partial charge < -0.3 is 56.8 Å². The minimum Gasteiger partial charge on any atom is -0.491 e. The first-order valence-electron chi connectivity index (χ1n) is 19.0. The van der Waals surface area contributed by atoms with Gasteiger partial charge >= 0.3 is 0 Å². The molecule has 0 amide bonds. The molecule has 0 fully saturated rings. The first kappa shape index (κ1) is 45.1. The number of methoxy groups -OCH3 is 3. The zero-order valence-electron chi connectivity index (χ0n) is 33.3. The minimum absolute atomic E-state index is 0.369. The molecule has 57 heavy (non-hydrogen) atoms. The summed E-state index contributed by atoms with van der Waals surface area (Å²) in [5.41, 5.74) is 4.39. The molecule has 12 heteroatoms. The van der Waals surface area contributed by atoms with Crippen molar-refractivity contribution >= 4 is 0 Å². The van der Waals surface area contributed by atoms with Gasteiger partial charge in [0.25, 0.3) is 0 Å². The maximum atomic E-state index is 6.01. The van der Waals surface area contributed by atoms with Gasteiger partial charge in [-0.25, -0.2) is 0 Å². The third kappa shape index (κ3) is 18.5. The molecule has 0 radical (unpaired) electrons. The van der Waals surface area contributed by atoms with Crippen LogP contribution in [-0.2, 0) is 42.6 Å². The average molecular weight is 787 g/mol. The Kier molecular flexibility index (Phi) is 22.7. The molecule has 0 spiro atoms. The summed E-state index contributed by atoms with van der Waals surface area (Å²) >= 11 is 0. The molecule has 0 aliphatic heterocycles. The smallest absolute Gasteiger partial charge is 0.120 e. The fourth-order valence-corrected chi connectivity index (χ4v) is 4.93. The molecule has 0 aromatic heterocycles. The second kappa shape index (κ2) is 28.7. The highest BCUT2D eigenvalue weighted by Gasteiger charge is 2.08. The van der Waals surface area contributed by atoms with Gasteiger partial charge in [0.15, 0.2) is 0 Å². The lowest BCUT2D eigenvalue weighted by Gasteiger charge is -2.10. The molecule has 306 valence electrons. The maximum absolute atomic E-state index is 6.01. The highest BCUT2D eigenvalue weighted by Crippen LogP contribution is 2.22. The first-order valence-corrected chi connectivity index (χ1v) is 19.0. The van der Waals surface area contributed by atoms with Crippen molar-refractivity contribution in [3.63, 3.8) is 0 Å². The number of fused-ring (bicyclic) bond motifs is 3. The Bertz CT molecular complexity index is 1580. The van der Waals surface area contributed by atoms with E-state index < -0.39 is 0 Å². The number of hydrogen-bond acceptors (Lipinski definition) is 12. The zero-order chi connectivity index (χ0) is 40.0. The van der Waals surface area contributed by atoms with Crippen LogP contribution in [0, 0.1) is 35.5 Å². The molecule has 12 nitrogen and oxygen atoms in total. The van der Waals surface area contributed by atoms with Gasteiger partial charge in [-0.05, 0) is 54.6 Å². The van der Waals surface area contributed by atoms with Gasteiger partial charge in [-0.2, -0.15) is 0 Å². The molecule has 0 heterocycles. The van der Waals surface area contributed by atoms with Gasteiger partial charge in [0, 0.05) is 54.7 Å². The van der Waals surface area contributed by atoms with Crippen LogP contribution in [0.1, 0.15) is 33.4 Å². The Labute approximate surface area is 337 Å². The van der Waals surface area contributed by atoms with E-state index in [9.17, 15) is 0 Å². The predicted octanol–water partition coefficient (Wildman–Crippen LogP) is 4.37. The highest BCUT2D eigenvalue weighted by molar-refractivity contribution is 5.63. The number of ether oxygens (including phenoxy) is 12. The van der Waals surface area contributed by atoms with Crippen LogP contribution < -0.4 is 14.2 Å². The van der Waals surface area contributed by atoms with Crippen molar-refractivity contribution in [2.45, 2.75) is 0 Å². The third-order valence-corrected chi connectivity index (χ3v) is 7.87. The largest absolute Gasteiger partial charge is 0.491 e. The van der Waals surface area contributed by atoms with Gasteiger partial charge in [-0.1, -0.05) is 35.5 Å². The van der Waals surface area contributed by atoms with Crippen molar-refractivity contribution < 1.29 is 56.8 Å². The number of hydrogen-bond donors (Lipinski definition) is 0. The fraction of sp³-hybridized carbons (Fsp3) is 0.467. The van der Waals surface area contributed by atoms with E-state index in [2.05, 4.69) is 35.5 Å². The van der Waals surface area contributed by atoms with E-state index in [1.165, 1.54) is 0 Å². The quantitative estimate of drug-likeness (QED) is 0.0553. The van der Waals surface area contributed by atoms with Gasteiger partial charge in [-0.3, -0.25) is 0 Å². The van der Waals surface area contributed by atoms with E-state index in [0.29, 0.717) is 153 Å². The fourth-order valence-electron chi connectivity index (χ4n) is 4.93. The standard InChI is InChI=1S/C45H54O12/c1-46-16-19-49-22-25-52-28-31-55-43-13-10-37-5-8-41-35-45(57-33-30-54-27-24-51-21-18-48-3)15-12-39(41)6-9-42-36-44(14-11-38(42)4-7-40(37)34-43)56-32-29-53-26-23-50-20-17-47-2/h10-15,34-36H,16-33H2,1-3H3. The van der Waals surface area contributed by atoms with E-state index in [-0.39, 0.29) is 0 Å². The molecule has 1 aliphatic carbocycles. The van der Waals surface area contributed by atoms with E-state index in [0.717, 1.165) is 16.7 Å². The summed E-state index contributed by atoms with van der Waals surface area (Å²) in [5.74, 6) is 21.9. The number of rotatable bonds is 30. The summed E-state index contributed by atoms with van der Waals surface area (Å²) in [6, 6.07) is 17.1. The molecule has 3 aromatic rings. The second-order valence-corrected chi connectivity index (χ2v) is 12.1. The van der Waals surface area contributed by atoms with Crippen LogP contribution in [0.15, 0.2) is 54.6 Å². The van der Waals surface area contributed by atoms with Crippen molar-refractivity contribution in [3.8, 4) is 52.8 Å². The average Bonchev–Trinajstić information content (AvgIpc) is 3.23. The van der Waals surface area contributed by atoms with Crippen molar-refractivity contribution in [3.05, 3.63) is 88.0 Å². The Morgan fingerprint density at radius 3 is 0.772 bits per heavy atom. The molecule has 3 aromatic carbocycles. The Balaban J connectivity index is 1.48. The molecule has 0 saturated carbocycles. The Morgan fingerprint density at radius 2 is 0.509 bits per heavy atom. The van der Waals surface area contributed by atoms with Crippen molar-refractivity contribution in [1.29, 1.82) is 0 Å². The molecule has 0 bridgehead atoms. The SMILES string of the molecule is COCCOCCOCCOc1ccc2c(c1)C#Cc1ccc(OCCOCCOCCOC)cc1C#Cc1ccc(OCCOCCOCCOC)cc1C#C2. The maximum Gasteiger partial charge on any atom is 0.120 e. The van der Waals surface area contributed by atoms with Crippen LogP contribution >= 0.6 is 0 Å². The molecule has 0 unspecified atom stereocenters. The third-order valence-electron chi connectivity index (χ3n) is 7.87. The van der Waals surface area contributed by atoms with Crippen LogP contribution in [0.25, 0.3) is 0 Å². The lowest BCUT2D eigenvalue weighted by atomic mass is 10.0. The Hall–Kier alpha value is -4.62. The van der Waals surface area contributed by atoms with Crippen LogP contribution in [0.2, 0.25) is 0 Å². The van der Waals surface area contributed by atoms with Crippen molar-refractivity contribution in [1.82, 2.24) is 0 Å². The summed E-state index contributed by atoms with van der Waals surface area (Å²) in [6.07, 6.45) is 0. The summed E-state index contributed by atoms with van der Waals surface area (Å²) in [7, 11) is 4.93. The van der Waals surface area contributed by atoms with Gasteiger partial charge in [0.2, 0.25) is 0 Å². The predicted molar refractivity (Wildman–Crippen MR) is 214 cm³/mol. The lowest BCUT2D eigenvalue weighted by molar-refractivity contribution is 0.0180. The number of benzene rings is 3. The molecule has 0 saturated heterocycles. The van der Waals surface area contributed by atoms with Crippen LogP contribution in [0.5, 0.6) is 17.2 Å². The monoisotopic (exact) mass is 786 g/mol.